The Labute approximate surface area is 129 Å². The number of rotatable bonds is 0. The Morgan fingerprint density at radius 1 is 1.00 bits per heavy atom. The van der Waals surface area contributed by atoms with E-state index in [4.69, 9.17) is 0 Å². The first-order chi connectivity index (χ1) is 0. The second-order valence-electron chi connectivity index (χ2n) is 0. The molecule has 5 heteroatoms. The summed E-state index contributed by atoms with van der Waals surface area (Å²) in [7, 11) is 0. The zero-order chi connectivity index (χ0) is 0. The maximum absolute atomic E-state index is 0. The van der Waals surface area contributed by atoms with Gasteiger partial charge in [-0.1, -0.05) is 0 Å². The van der Waals surface area contributed by atoms with Gasteiger partial charge < -0.3 is 0 Å². The molecule has 0 aliphatic carbocycles. The Balaban J connectivity index is 0. The predicted octanol–water partition coefficient (Wildman–Crippen LogP) is -5.12. The fourth-order valence-corrected chi connectivity index (χ4v) is 0. The quantitative estimate of drug-likeness (QED) is 0.240. The van der Waals surface area contributed by atoms with Crippen molar-refractivity contribution in [1.29, 1.82) is 0 Å². The van der Waals surface area contributed by atoms with Crippen molar-refractivity contribution in [2.24, 2.45) is 0 Å². The monoisotopic (exact) mass is 616 g/mol. The number of hydrogen-bond donors (Lipinski definition) is 0. The molecule has 0 aromatic rings. The Hall–Kier alpha value is 4.40. The van der Waals surface area contributed by atoms with Crippen molar-refractivity contribution in [3.8, 4) is 0 Å². The summed E-state index contributed by atoms with van der Waals surface area (Å²) in [5, 5.41) is 0. The van der Waals surface area contributed by atoms with E-state index in [2.05, 4.69) is 0 Å². The molecule has 0 nitrogen and oxygen atoms in total. The molecule has 0 atom stereocenters. The zero-order valence-electron chi connectivity index (χ0n) is 2.12. The van der Waals surface area contributed by atoms with Crippen LogP contribution in [0.4, 0.5) is 0 Å². The van der Waals surface area contributed by atoms with Gasteiger partial charge in [0.1, 0.15) is 0 Å². The maximum atomic E-state index is 0. The van der Waals surface area contributed by atoms with Crippen LogP contribution in [-0.2, 0) is 0 Å². The molecule has 0 aliphatic heterocycles. The summed E-state index contributed by atoms with van der Waals surface area (Å²) in [4.78, 5) is 0. The summed E-state index contributed by atoms with van der Waals surface area (Å²) in [6.07, 6.45) is 0. The van der Waals surface area contributed by atoms with E-state index in [9.17, 15) is 0 Å². The Bertz CT molecular complexity index is 11.6. The van der Waals surface area contributed by atoms with Crippen molar-refractivity contribution in [1.82, 2.24) is 0 Å². The second-order valence-corrected chi connectivity index (χ2v) is 0. The first kappa shape index (κ1) is 34.3. The topological polar surface area (TPSA) is 0 Å². The summed E-state index contributed by atoms with van der Waals surface area (Å²) >= 11 is 0. The standard InChI is InChI=1S/Al.Bi.Ca.Pb.Sn.12H. The normalized spacial score (nSPS) is 0. The molecule has 0 aliphatic rings. The van der Waals surface area contributed by atoms with Crippen molar-refractivity contribution in [3.63, 3.8) is 0 Å². The summed E-state index contributed by atoms with van der Waals surface area (Å²) < 4.78 is 0. The van der Waals surface area contributed by atoms with Gasteiger partial charge >= 0.3 is 115 Å². The van der Waals surface area contributed by atoms with Crippen molar-refractivity contribution >= 4 is 133 Å². The Kier molecular flexibility index (Phi) is 163. The zero-order valence-corrected chi connectivity index (χ0v) is 17.2. The molecule has 0 saturated carbocycles. The van der Waals surface area contributed by atoms with Crippen LogP contribution >= 0.6 is 0 Å². The van der Waals surface area contributed by atoms with Gasteiger partial charge in [0.25, 0.3) is 0 Å². The van der Waals surface area contributed by atoms with Crippen molar-refractivity contribution in [3.05, 3.63) is 0 Å². The van der Waals surface area contributed by atoms with Crippen LogP contribution in [0.25, 0.3) is 0 Å². The van der Waals surface area contributed by atoms with Gasteiger partial charge in [0.05, 0.1) is 0 Å². The fourth-order valence-electron chi connectivity index (χ4n) is 0. The summed E-state index contributed by atoms with van der Waals surface area (Å²) in [5.41, 5.74) is 0. The first-order valence-corrected chi connectivity index (χ1v) is 0. The van der Waals surface area contributed by atoms with Gasteiger partial charge in [-0.25, -0.2) is 0 Å². The molecule has 0 bridgehead atoms. The summed E-state index contributed by atoms with van der Waals surface area (Å²) in [6, 6.07) is 0. The minimum absolute atomic E-state index is 0. The van der Waals surface area contributed by atoms with Gasteiger partial charge in [-0.15, -0.1) is 0 Å². The Morgan fingerprint density at radius 2 is 1.00 bits per heavy atom. The first-order valence-electron chi connectivity index (χ1n) is 0. The van der Waals surface area contributed by atoms with E-state index in [1.54, 1.807) is 0 Å². The molecule has 0 fully saturated rings. The van der Waals surface area contributed by atoms with Gasteiger partial charge in [0, 0.05) is 0 Å². The SMILES string of the molecule is [AlH3].[BiH3].[CaH2].[PbH2].[SnH2]. The van der Waals surface area contributed by atoms with Crippen molar-refractivity contribution < 1.29 is 0 Å². The summed E-state index contributed by atoms with van der Waals surface area (Å²) in [6.45, 7) is 0. The third kappa shape index (κ3) is 17.8. The van der Waals surface area contributed by atoms with Crippen LogP contribution in [0.5, 0.6) is 0 Å². The molecular formula is H12AlBiCaPbSn. The predicted molar refractivity (Wildman–Crippen MR) is 45.5 cm³/mol. The second kappa shape index (κ2) is 23.8. The molecule has 0 aromatic carbocycles. The van der Waals surface area contributed by atoms with Gasteiger partial charge in [0.2, 0.25) is 0 Å². The molecule has 4 radical (unpaired) electrons. The van der Waals surface area contributed by atoms with E-state index < -0.39 is 0 Å². The average Bonchev–Trinajstić information content (AvgIpc) is 0. The van der Waals surface area contributed by atoms with Gasteiger partial charge in [-0.2, -0.15) is 0 Å². The molecule has 0 aromatic heterocycles. The van der Waals surface area contributed by atoms with E-state index in [1.165, 1.54) is 0 Å². The molecule has 30 valence electrons. The van der Waals surface area contributed by atoms with Crippen LogP contribution in [0.2, 0.25) is 0 Å². The van der Waals surface area contributed by atoms with Gasteiger partial charge in [-0.05, 0) is 0 Å². The van der Waals surface area contributed by atoms with Gasteiger partial charge in [0.15, 0.2) is 17.4 Å². The van der Waals surface area contributed by atoms with E-state index in [0.717, 1.165) is 0 Å². The summed E-state index contributed by atoms with van der Waals surface area (Å²) in [5.74, 6) is 0. The molecule has 0 N–H and O–H groups in total. The van der Waals surface area contributed by atoms with Crippen LogP contribution in [-0.4, -0.2) is 133 Å². The molecular weight excluding hydrogens is 602 g/mol. The van der Waals surface area contributed by atoms with Crippen molar-refractivity contribution in [2.45, 2.75) is 0 Å². The third-order valence-electron chi connectivity index (χ3n) is 0. The molecule has 0 unspecified atom stereocenters. The van der Waals surface area contributed by atoms with Crippen molar-refractivity contribution in [2.75, 3.05) is 0 Å². The van der Waals surface area contributed by atoms with Crippen LogP contribution in [0, 0.1) is 0 Å². The van der Waals surface area contributed by atoms with E-state index in [0.29, 0.717) is 0 Å². The minimum atomic E-state index is 0. The molecule has 0 amide bonds. The average molecular weight is 614 g/mol. The van der Waals surface area contributed by atoms with Crippen LogP contribution in [0.15, 0.2) is 0 Å². The van der Waals surface area contributed by atoms with Gasteiger partial charge in [-0.3, -0.25) is 0 Å². The van der Waals surface area contributed by atoms with E-state index >= 15 is 0 Å². The molecule has 0 saturated heterocycles. The molecule has 0 heterocycles. The third-order valence-corrected chi connectivity index (χ3v) is 0. The van der Waals surface area contributed by atoms with E-state index in [1.807, 2.05) is 0 Å². The molecule has 0 spiro atoms. The van der Waals surface area contributed by atoms with E-state index in [-0.39, 0.29) is 133 Å². The number of hydrogen-bond acceptors (Lipinski definition) is 0. The van der Waals surface area contributed by atoms with Crippen LogP contribution in [0.3, 0.4) is 0 Å². The molecule has 0 rings (SSSR count). The fraction of sp³-hybridized carbons (Fsp3) is 0. The van der Waals surface area contributed by atoms with Crippen LogP contribution < -0.4 is 0 Å². The Morgan fingerprint density at radius 3 is 1.00 bits per heavy atom. The van der Waals surface area contributed by atoms with Crippen LogP contribution in [0.1, 0.15) is 0 Å². The molecule has 5 heavy (non-hydrogen) atoms.